The van der Waals surface area contributed by atoms with Crippen LogP contribution in [0.2, 0.25) is 0 Å². The molecular formula is C20H21N3O2S. The SMILES string of the molecule is O=C(Nc1cc2cc(-c3cncs3)ccc2cn1)C1CCC(CO)CC1. The Hall–Kier alpha value is -2.31. The number of fused-ring (bicyclic) bond motifs is 1. The summed E-state index contributed by atoms with van der Waals surface area (Å²) >= 11 is 1.61. The number of nitrogens with zero attached hydrogens (tertiary/aromatic N) is 2. The standard InChI is InChI=1S/C20H21N3O2S/c24-11-13-1-3-14(4-2-13)20(25)23-19-8-17-7-15(18-10-21-12-26-18)5-6-16(17)9-22-19/h5-10,12-14,24H,1-4,11H2,(H,22,23,25). The van der Waals surface area contributed by atoms with E-state index in [-0.39, 0.29) is 18.4 Å². The van der Waals surface area contributed by atoms with Gasteiger partial charge < -0.3 is 10.4 Å². The van der Waals surface area contributed by atoms with Gasteiger partial charge in [0.1, 0.15) is 5.82 Å². The molecule has 0 bridgehead atoms. The molecule has 1 fully saturated rings. The minimum atomic E-state index is 0.0128. The number of carbonyl (C=O) groups excluding carboxylic acids is 1. The number of anilines is 1. The first-order valence-corrected chi connectivity index (χ1v) is 9.81. The van der Waals surface area contributed by atoms with Crippen LogP contribution in [0.1, 0.15) is 25.7 Å². The molecule has 1 aliphatic carbocycles. The topological polar surface area (TPSA) is 75.1 Å². The first kappa shape index (κ1) is 17.1. The van der Waals surface area contributed by atoms with Crippen LogP contribution in [-0.2, 0) is 4.79 Å². The maximum absolute atomic E-state index is 12.5. The van der Waals surface area contributed by atoms with Crippen LogP contribution in [0.25, 0.3) is 21.2 Å². The predicted octanol–water partition coefficient (Wildman–Crippen LogP) is 4.10. The van der Waals surface area contributed by atoms with Crippen LogP contribution < -0.4 is 5.32 Å². The third kappa shape index (κ3) is 3.61. The number of rotatable bonds is 4. The largest absolute Gasteiger partial charge is 0.396 e. The van der Waals surface area contributed by atoms with Crippen LogP contribution in [-0.4, -0.2) is 27.6 Å². The number of aromatic nitrogens is 2. The molecule has 26 heavy (non-hydrogen) atoms. The minimum Gasteiger partial charge on any atom is -0.396 e. The van der Waals surface area contributed by atoms with E-state index in [1.54, 1.807) is 17.5 Å². The lowest BCUT2D eigenvalue weighted by Crippen LogP contribution is -2.28. The second-order valence-electron chi connectivity index (χ2n) is 6.89. The summed E-state index contributed by atoms with van der Waals surface area (Å²) < 4.78 is 0. The fourth-order valence-electron chi connectivity index (χ4n) is 3.56. The van der Waals surface area contributed by atoms with E-state index < -0.39 is 0 Å². The third-order valence-electron chi connectivity index (χ3n) is 5.17. The van der Waals surface area contributed by atoms with E-state index in [9.17, 15) is 9.90 Å². The summed E-state index contributed by atoms with van der Waals surface area (Å²) in [6, 6.07) is 8.14. The van der Waals surface area contributed by atoms with E-state index in [0.29, 0.717) is 11.7 Å². The number of benzene rings is 1. The van der Waals surface area contributed by atoms with Gasteiger partial charge in [-0.25, -0.2) is 4.98 Å². The zero-order valence-corrected chi connectivity index (χ0v) is 15.2. The first-order chi connectivity index (χ1) is 12.7. The molecule has 5 nitrogen and oxygen atoms in total. The highest BCUT2D eigenvalue weighted by molar-refractivity contribution is 7.13. The molecule has 0 spiro atoms. The van der Waals surface area contributed by atoms with Crippen molar-refractivity contribution in [3.8, 4) is 10.4 Å². The Morgan fingerprint density at radius 1 is 1.15 bits per heavy atom. The zero-order valence-electron chi connectivity index (χ0n) is 14.4. The second-order valence-corrected chi connectivity index (χ2v) is 7.77. The van der Waals surface area contributed by atoms with Crippen molar-refractivity contribution in [1.29, 1.82) is 0 Å². The van der Waals surface area contributed by atoms with Crippen LogP contribution >= 0.6 is 11.3 Å². The van der Waals surface area contributed by atoms with Gasteiger partial charge in [-0.15, -0.1) is 11.3 Å². The van der Waals surface area contributed by atoms with Gasteiger partial charge in [0, 0.05) is 30.3 Å². The van der Waals surface area contributed by atoms with Crippen LogP contribution in [0.15, 0.2) is 42.2 Å². The summed E-state index contributed by atoms with van der Waals surface area (Å²) in [6.07, 6.45) is 7.15. The number of thiazole rings is 1. The Morgan fingerprint density at radius 3 is 2.73 bits per heavy atom. The molecule has 2 heterocycles. The second kappa shape index (κ2) is 7.51. The van der Waals surface area contributed by atoms with Crippen LogP contribution in [0.3, 0.4) is 0 Å². The van der Waals surface area contributed by atoms with Crippen molar-refractivity contribution in [3.63, 3.8) is 0 Å². The number of aliphatic hydroxyl groups is 1. The fraction of sp³-hybridized carbons (Fsp3) is 0.350. The van der Waals surface area contributed by atoms with Crippen LogP contribution in [0, 0.1) is 11.8 Å². The molecule has 3 aromatic rings. The molecule has 4 rings (SSSR count). The number of pyridine rings is 1. The Balaban J connectivity index is 1.50. The normalized spacial score (nSPS) is 20.2. The van der Waals surface area contributed by atoms with Gasteiger partial charge in [0.05, 0.1) is 10.4 Å². The number of hydrogen-bond donors (Lipinski definition) is 2. The summed E-state index contributed by atoms with van der Waals surface area (Å²) in [7, 11) is 0. The lowest BCUT2D eigenvalue weighted by Gasteiger charge is -2.26. The van der Waals surface area contributed by atoms with E-state index in [0.717, 1.165) is 46.9 Å². The van der Waals surface area contributed by atoms with Crippen LogP contribution in [0.4, 0.5) is 5.82 Å². The summed E-state index contributed by atoms with van der Waals surface area (Å²) in [5.41, 5.74) is 2.94. The molecule has 6 heteroatoms. The van der Waals surface area contributed by atoms with Gasteiger partial charge in [-0.2, -0.15) is 0 Å². The van der Waals surface area contributed by atoms with Crippen LogP contribution in [0.5, 0.6) is 0 Å². The quantitative estimate of drug-likeness (QED) is 0.728. The summed E-state index contributed by atoms with van der Waals surface area (Å²) in [5.74, 6) is 0.988. The van der Waals surface area contributed by atoms with E-state index in [1.807, 2.05) is 23.8 Å². The third-order valence-corrected chi connectivity index (χ3v) is 5.99. The van der Waals surface area contributed by atoms with Crippen molar-refractivity contribution in [2.24, 2.45) is 11.8 Å². The molecule has 0 unspecified atom stereocenters. The number of amides is 1. The van der Waals surface area contributed by atoms with Gasteiger partial charge in [-0.05, 0) is 54.7 Å². The summed E-state index contributed by atoms with van der Waals surface area (Å²) in [5, 5.41) is 14.3. The molecule has 2 N–H and O–H groups in total. The van der Waals surface area contributed by atoms with Crippen molar-refractivity contribution in [3.05, 3.63) is 42.2 Å². The number of aliphatic hydroxyl groups excluding tert-OH is 1. The van der Waals surface area contributed by atoms with Crippen molar-refractivity contribution in [2.75, 3.05) is 11.9 Å². The average molecular weight is 367 g/mol. The Morgan fingerprint density at radius 2 is 2.00 bits per heavy atom. The monoisotopic (exact) mass is 367 g/mol. The highest BCUT2D eigenvalue weighted by atomic mass is 32.1. The van der Waals surface area contributed by atoms with Crippen molar-refractivity contribution in [2.45, 2.75) is 25.7 Å². The predicted molar refractivity (Wildman–Crippen MR) is 104 cm³/mol. The van der Waals surface area contributed by atoms with E-state index in [2.05, 4.69) is 27.4 Å². The van der Waals surface area contributed by atoms with Crippen molar-refractivity contribution in [1.82, 2.24) is 9.97 Å². The van der Waals surface area contributed by atoms with Gasteiger partial charge in [0.15, 0.2) is 0 Å². The van der Waals surface area contributed by atoms with Crippen molar-refractivity contribution >= 4 is 33.8 Å². The maximum atomic E-state index is 12.5. The lowest BCUT2D eigenvalue weighted by molar-refractivity contribution is -0.121. The minimum absolute atomic E-state index is 0.0128. The molecule has 0 aliphatic heterocycles. The molecule has 1 aromatic carbocycles. The van der Waals surface area contributed by atoms with Gasteiger partial charge >= 0.3 is 0 Å². The smallest absolute Gasteiger partial charge is 0.228 e. The molecule has 1 aliphatic rings. The van der Waals surface area contributed by atoms with Gasteiger partial charge in [-0.3, -0.25) is 9.78 Å². The molecule has 134 valence electrons. The Bertz CT molecular complexity index is 903. The zero-order chi connectivity index (χ0) is 17.9. The number of hydrogen-bond acceptors (Lipinski definition) is 5. The Labute approximate surface area is 156 Å². The lowest BCUT2D eigenvalue weighted by atomic mass is 9.82. The van der Waals surface area contributed by atoms with Gasteiger partial charge in [-0.1, -0.05) is 12.1 Å². The molecule has 0 saturated heterocycles. The fourth-order valence-corrected chi connectivity index (χ4v) is 4.18. The first-order valence-electron chi connectivity index (χ1n) is 8.93. The molecule has 1 amide bonds. The molecular weight excluding hydrogens is 346 g/mol. The maximum Gasteiger partial charge on any atom is 0.228 e. The number of nitrogens with one attached hydrogen (secondary N) is 1. The molecule has 0 atom stereocenters. The average Bonchev–Trinajstić information content (AvgIpc) is 3.22. The van der Waals surface area contributed by atoms with Gasteiger partial charge in [0.25, 0.3) is 0 Å². The number of carbonyl (C=O) groups is 1. The van der Waals surface area contributed by atoms with E-state index in [4.69, 9.17) is 0 Å². The molecule has 2 aromatic heterocycles. The molecule has 1 saturated carbocycles. The van der Waals surface area contributed by atoms with Gasteiger partial charge in [0.2, 0.25) is 5.91 Å². The summed E-state index contributed by atoms with van der Waals surface area (Å²) in [6.45, 7) is 0.225. The van der Waals surface area contributed by atoms with E-state index >= 15 is 0 Å². The van der Waals surface area contributed by atoms with E-state index in [1.165, 1.54) is 0 Å². The highest BCUT2D eigenvalue weighted by Crippen LogP contribution is 2.30. The molecule has 0 radical (unpaired) electrons. The summed E-state index contributed by atoms with van der Waals surface area (Å²) in [4.78, 5) is 22.2. The Kier molecular flexibility index (Phi) is 4.95. The van der Waals surface area contributed by atoms with Crippen molar-refractivity contribution < 1.29 is 9.90 Å². The highest BCUT2D eigenvalue weighted by Gasteiger charge is 2.26.